The van der Waals surface area contributed by atoms with Crippen LogP contribution in [0.2, 0.25) is 0 Å². The molecule has 0 atom stereocenters. The van der Waals surface area contributed by atoms with Crippen molar-refractivity contribution < 1.29 is 13.2 Å². The topological polar surface area (TPSA) is 55.4 Å². The highest BCUT2D eigenvalue weighted by Gasteiger charge is 2.29. The standard InChI is InChI=1S/C19H33NO3S/c1-8-9-12-23-16-11-10-15(13-17(16)24(21,22)20-7)19(5,6)14-18(2,3)4/h10-11,13,20H,8-9,12,14H2,1-7H3. The van der Waals surface area contributed by atoms with E-state index in [2.05, 4.69) is 46.3 Å². The average Bonchev–Trinajstić information content (AvgIpc) is 2.45. The second-order valence-corrected chi connectivity index (χ2v) is 10.0. The average molecular weight is 356 g/mol. The molecular formula is C19H33NO3S. The molecule has 0 radical (unpaired) electrons. The summed E-state index contributed by atoms with van der Waals surface area (Å²) < 4.78 is 33.0. The normalized spacial score (nSPS) is 13.1. The van der Waals surface area contributed by atoms with E-state index in [1.165, 1.54) is 7.05 Å². The molecule has 0 amide bonds. The maximum atomic E-state index is 12.4. The number of hydrogen-bond donors (Lipinski definition) is 1. The number of unbranched alkanes of at least 4 members (excludes halogenated alkanes) is 1. The summed E-state index contributed by atoms with van der Waals surface area (Å²) in [6.45, 7) is 13.5. The molecule has 0 unspecified atom stereocenters. The van der Waals surface area contributed by atoms with Gasteiger partial charge in [-0.05, 0) is 48.4 Å². The summed E-state index contributed by atoms with van der Waals surface area (Å²) >= 11 is 0. The molecule has 4 nitrogen and oxygen atoms in total. The summed E-state index contributed by atoms with van der Waals surface area (Å²) in [4.78, 5) is 0.223. The van der Waals surface area contributed by atoms with Gasteiger partial charge in [-0.1, -0.05) is 54.0 Å². The third-order valence-electron chi connectivity index (χ3n) is 4.01. The Morgan fingerprint density at radius 2 is 1.75 bits per heavy atom. The molecule has 1 aromatic carbocycles. The van der Waals surface area contributed by atoms with E-state index in [1.54, 1.807) is 12.1 Å². The van der Waals surface area contributed by atoms with Crippen molar-refractivity contribution in [3.63, 3.8) is 0 Å². The summed E-state index contributed by atoms with van der Waals surface area (Å²) in [5, 5.41) is 0. The molecule has 0 spiro atoms. The molecule has 1 rings (SSSR count). The van der Waals surface area contributed by atoms with Gasteiger partial charge in [-0.25, -0.2) is 13.1 Å². The fourth-order valence-corrected chi connectivity index (χ4v) is 4.02. The maximum absolute atomic E-state index is 12.4. The van der Waals surface area contributed by atoms with Crippen molar-refractivity contribution in [2.45, 2.75) is 71.1 Å². The van der Waals surface area contributed by atoms with E-state index in [4.69, 9.17) is 4.74 Å². The van der Waals surface area contributed by atoms with Crippen LogP contribution in [0.15, 0.2) is 23.1 Å². The predicted molar refractivity (Wildman–Crippen MR) is 100 cm³/mol. The van der Waals surface area contributed by atoms with Crippen molar-refractivity contribution in [1.29, 1.82) is 0 Å². The van der Waals surface area contributed by atoms with Crippen molar-refractivity contribution in [3.8, 4) is 5.75 Å². The number of rotatable bonds is 8. The summed E-state index contributed by atoms with van der Waals surface area (Å²) in [5.74, 6) is 0.424. The Morgan fingerprint density at radius 1 is 1.12 bits per heavy atom. The largest absolute Gasteiger partial charge is 0.492 e. The zero-order chi connectivity index (χ0) is 18.6. The van der Waals surface area contributed by atoms with Crippen molar-refractivity contribution in [3.05, 3.63) is 23.8 Å². The molecule has 0 heterocycles. The molecule has 1 N–H and O–H groups in total. The third kappa shape index (κ3) is 5.78. The minimum Gasteiger partial charge on any atom is -0.492 e. The van der Waals surface area contributed by atoms with Gasteiger partial charge in [0.25, 0.3) is 0 Å². The molecule has 0 aliphatic rings. The van der Waals surface area contributed by atoms with Crippen LogP contribution in [0.5, 0.6) is 5.75 Å². The van der Waals surface area contributed by atoms with Gasteiger partial charge in [-0.15, -0.1) is 0 Å². The predicted octanol–water partition coefficient (Wildman–Crippen LogP) is 4.49. The van der Waals surface area contributed by atoms with Gasteiger partial charge in [0.1, 0.15) is 10.6 Å². The van der Waals surface area contributed by atoms with Crippen molar-refractivity contribution in [1.82, 2.24) is 4.72 Å². The van der Waals surface area contributed by atoms with Gasteiger partial charge >= 0.3 is 0 Å². The molecule has 0 aliphatic heterocycles. The van der Waals surface area contributed by atoms with Gasteiger partial charge in [-0.2, -0.15) is 0 Å². The van der Waals surface area contributed by atoms with Gasteiger partial charge < -0.3 is 4.74 Å². The van der Waals surface area contributed by atoms with Gasteiger partial charge in [0.15, 0.2) is 0 Å². The molecule has 0 aromatic heterocycles. The van der Waals surface area contributed by atoms with Crippen LogP contribution < -0.4 is 9.46 Å². The lowest BCUT2D eigenvalue weighted by Crippen LogP contribution is -2.26. The van der Waals surface area contributed by atoms with E-state index in [1.807, 2.05) is 6.07 Å². The van der Waals surface area contributed by atoms with Crippen LogP contribution in [0.1, 0.15) is 66.4 Å². The van der Waals surface area contributed by atoms with Gasteiger partial charge in [-0.3, -0.25) is 0 Å². The Bertz CT molecular complexity index is 643. The van der Waals surface area contributed by atoms with Crippen LogP contribution in [0.4, 0.5) is 0 Å². The van der Waals surface area contributed by atoms with Crippen LogP contribution in [0.25, 0.3) is 0 Å². The van der Waals surface area contributed by atoms with Crippen LogP contribution >= 0.6 is 0 Å². The first kappa shape index (κ1) is 21.0. The minimum absolute atomic E-state index is 0.127. The minimum atomic E-state index is -3.57. The fraction of sp³-hybridized carbons (Fsp3) is 0.684. The first-order chi connectivity index (χ1) is 10.9. The van der Waals surface area contributed by atoms with Crippen LogP contribution in [0, 0.1) is 5.41 Å². The van der Waals surface area contributed by atoms with Crippen molar-refractivity contribution in [2.75, 3.05) is 13.7 Å². The third-order valence-corrected chi connectivity index (χ3v) is 5.45. The molecule has 0 saturated heterocycles. The van der Waals surface area contributed by atoms with Crippen LogP contribution in [-0.2, 0) is 15.4 Å². The molecule has 0 fully saturated rings. The van der Waals surface area contributed by atoms with Gasteiger partial charge in [0.05, 0.1) is 6.61 Å². The van der Waals surface area contributed by atoms with Gasteiger partial charge in [0.2, 0.25) is 10.0 Å². The van der Waals surface area contributed by atoms with E-state index in [0.29, 0.717) is 12.4 Å². The molecular weight excluding hydrogens is 322 g/mol. The van der Waals surface area contributed by atoms with E-state index in [0.717, 1.165) is 24.8 Å². The summed E-state index contributed by atoms with van der Waals surface area (Å²) in [6.07, 6.45) is 2.86. The van der Waals surface area contributed by atoms with Crippen LogP contribution in [-0.4, -0.2) is 22.1 Å². The van der Waals surface area contributed by atoms with E-state index >= 15 is 0 Å². The van der Waals surface area contributed by atoms with Crippen molar-refractivity contribution >= 4 is 10.0 Å². The molecule has 24 heavy (non-hydrogen) atoms. The second-order valence-electron chi connectivity index (χ2n) is 8.19. The Kier molecular flexibility index (Phi) is 6.88. The number of benzene rings is 1. The lowest BCUT2D eigenvalue weighted by atomic mass is 9.72. The van der Waals surface area contributed by atoms with Crippen molar-refractivity contribution in [2.24, 2.45) is 5.41 Å². The zero-order valence-corrected chi connectivity index (χ0v) is 17.0. The van der Waals surface area contributed by atoms with E-state index in [9.17, 15) is 8.42 Å². The fourth-order valence-electron chi connectivity index (χ4n) is 3.12. The first-order valence-electron chi connectivity index (χ1n) is 8.64. The lowest BCUT2D eigenvalue weighted by molar-refractivity contribution is 0.282. The maximum Gasteiger partial charge on any atom is 0.244 e. The summed E-state index contributed by atoms with van der Waals surface area (Å²) in [7, 11) is -2.14. The number of ether oxygens (including phenoxy) is 1. The molecule has 0 saturated carbocycles. The molecule has 0 aliphatic carbocycles. The second kappa shape index (κ2) is 7.87. The summed E-state index contributed by atoms with van der Waals surface area (Å²) in [5.41, 5.74) is 1.04. The number of nitrogens with one attached hydrogen (secondary N) is 1. The molecule has 5 heteroatoms. The van der Waals surface area contributed by atoms with E-state index < -0.39 is 10.0 Å². The quantitative estimate of drug-likeness (QED) is 0.699. The highest BCUT2D eigenvalue weighted by atomic mass is 32.2. The SMILES string of the molecule is CCCCOc1ccc(C(C)(C)CC(C)(C)C)cc1S(=O)(=O)NC. The zero-order valence-electron chi connectivity index (χ0n) is 16.2. The molecule has 0 bridgehead atoms. The highest BCUT2D eigenvalue weighted by molar-refractivity contribution is 7.89. The number of hydrogen-bond acceptors (Lipinski definition) is 3. The molecule has 1 aromatic rings. The molecule has 138 valence electrons. The summed E-state index contributed by atoms with van der Waals surface area (Å²) in [6, 6.07) is 5.54. The monoisotopic (exact) mass is 355 g/mol. The van der Waals surface area contributed by atoms with Gasteiger partial charge in [0, 0.05) is 0 Å². The highest BCUT2D eigenvalue weighted by Crippen LogP contribution is 2.38. The Labute approximate surface area is 148 Å². The first-order valence-corrected chi connectivity index (χ1v) is 10.1. The van der Waals surface area contributed by atoms with Crippen LogP contribution in [0.3, 0.4) is 0 Å². The number of sulfonamides is 1. The Morgan fingerprint density at radius 3 is 2.25 bits per heavy atom. The Hall–Kier alpha value is -1.07. The van der Waals surface area contributed by atoms with E-state index in [-0.39, 0.29) is 15.7 Å². The smallest absolute Gasteiger partial charge is 0.244 e. The Balaban J connectivity index is 3.30. The lowest BCUT2D eigenvalue weighted by Gasteiger charge is -2.33.